The van der Waals surface area contributed by atoms with Gasteiger partial charge in [0.2, 0.25) is 0 Å². The first-order chi connectivity index (χ1) is 9.41. The fourth-order valence-electron chi connectivity index (χ4n) is 2.66. The van der Waals surface area contributed by atoms with Gasteiger partial charge in [0, 0.05) is 0 Å². The molecule has 8 nitrogen and oxygen atoms in total. The summed E-state index contributed by atoms with van der Waals surface area (Å²) in [4.78, 5) is 29.1. The van der Waals surface area contributed by atoms with Gasteiger partial charge < -0.3 is 0 Å². The molecule has 9 heteroatoms. The van der Waals surface area contributed by atoms with Gasteiger partial charge >= 0.3 is 119 Å². The van der Waals surface area contributed by atoms with Gasteiger partial charge in [0.05, 0.1) is 0 Å². The van der Waals surface area contributed by atoms with Crippen molar-refractivity contribution in [2.24, 2.45) is 0 Å². The molecule has 20 heavy (non-hydrogen) atoms. The van der Waals surface area contributed by atoms with E-state index >= 15 is 0 Å². The van der Waals surface area contributed by atoms with Crippen LogP contribution < -0.4 is 11.2 Å². The number of rotatable bonds is 2. The van der Waals surface area contributed by atoms with E-state index in [-0.39, 0.29) is 12.7 Å². The third-order valence-electron chi connectivity index (χ3n) is 3.43. The molecule has 0 saturated carbocycles. The van der Waals surface area contributed by atoms with Gasteiger partial charge in [0.25, 0.3) is 0 Å². The van der Waals surface area contributed by atoms with Crippen molar-refractivity contribution in [3.63, 3.8) is 0 Å². The fraction of sp³-hybridized carbons (Fsp3) is 0.636. The molecule has 0 aromatic carbocycles. The maximum absolute atomic E-state index is 11.9. The van der Waals surface area contributed by atoms with Crippen LogP contribution in [0.5, 0.6) is 0 Å². The normalized spacial score (nSPS) is 35.1. The molecule has 3 heterocycles. The number of aromatic nitrogens is 2. The zero-order valence-electron chi connectivity index (χ0n) is 11.1. The third-order valence-corrected chi connectivity index (χ3v) is 8.22. The van der Waals surface area contributed by atoms with Crippen LogP contribution in [0.25, 0.3) is 0 Å². The van der Waals surface area contributed by atoms with Gasteiger partial charge in [-0.05, 0) is 0 Å². The Morgan fingerprint density at radius 2 is 2.05 bits per heavy atom. The molecule has 1 aromatic heterocycles. The minimum absolute atomic E-state index is 0.207. The van der Waals surface area contributed by atoms with Crippen molar-refractivity contribution in [1.82, 2.24) is 9.55 Å². The summed E-state index contributed by atoms with van der Waals surface area (Å²) in [7, 11) is 0. The first-order valence-electron chi connectivity index (χ1n) is 6.35. The van der Waals surface area contributed by atoms with Crippen molar-refractivity contribution in [3.8, 4) is 0 Å². The number of aromatic amines is 1. The van der Waals surface area contributed by atoms with Crippen LogP contribution in [0.15, 0.2) is 21.9 Å². The standard InChI is InChI=1S/C9H10N2O6.2CH3.Sn/c12-3-4-6(14)7(15)8(17-4)11-2-1-5(13)10-9(11)16;;;/h1-2,4,6-8,12H,3H2,(H,10,13,16);2*1H3;/q-2;;;+2/t4-,6+,7-,8-;;;/m0.../s1. The number of ether oxygens (including phenoxy) is 1. The molecule has 2 fully saturated rings. The monoisotopic (exact) mass is 392 g/mol. The Labute approximate surface area is 119 Å². The summed E-state index contributed by atoms with van der Waals surface area (Å²) in [5.41, 5.74) is -1.04. The predicted molar refractivity (Wildman–Crippen MR) is 69.5 cm³/mol. The molecule has 2 N–H and O–H groups in total. The van der Waals surface area contributed by atoms with E-state index in [1.54, 1.807) is 0 Å². The summed E-state index contributed by atoms with van der Waals surface area (Å²) in [6.45, 7) is -0.207. The molecule has 3 rings (SSSR count). The quantitative estimate of drug-likeness (QED) is 0.622. The van der Waals surface area contributed by atoms with Crippen molar-refractivity contribution in [2.45, 2.75) is 34.4 Å². The summed E-state index contributed by atoms with van der Waals surface area (Å²) in [5, 5.41) is 9.38. The number of aliphatic hydroxyl groups excluding tert-OH is 1. The van der Waals surface area contributed by atoms with Crippen molar-refractivity contribution in [3.05, 3.63) is 33.1 Å². The molecule has 4 atom stereocenters. The molecule has 2 saturated heterocycles. The van der Waals surface area contributed by atoms with Gasteiger partial charge in [-0.15, -0.1) is 0 Å². The number of hydrogen-bond donors (Lipinski definition) is 2. The van der Waals surface area contributed by atoms with E-state index in [9.17, 15) is 14.7 Å². The second-order valence-electron chi connectivity index (χ2n) is 5.33. The number of H-pyrrole nitrogens is 1. The van der Waals surface area contributed by atoms with E-state index in [1.807, 2.05) is 9.88 Å². The van der Waals surface area contributed by atoms with Crippen LogP contribution in [0, 0.1) is 0 Å². The zero-order chi connectivity index (χ0) is 14.5. The Morgan fingerprint density at radius 1 is 1.35 bits per heavy atom. The Kier molecular flexibility index (Phi) is 3.53. The second kappa shape index (κ2) is 4.95. The average molecular weight is 391 g/mol. The maximum atomic E-state index is 11.9. The van der Waals surface area contributed by atoms with Gasteiger partial charge in [-0.25, -0.2) is 0 Å². The van der Waals surface area contributed by atoms with Crippen LogP contribution >= 0.6 is 0 Å². The third kappa shape index (κ3) is 2.35. The predicted octanol–water partition coefficient (Wildman–Crippen LogP) is -1.09. The molecule has 0 aliphatic carbocycles. The van der Waals surface area contributed by atoms with Gasteiger partial charge in [0.1, 0.15) is 0 Å². The van der Waals surface area contributed by atoms with Crippen LogP contribution in [-0.4, -0.2) is 58.8 Å². The molecule has 0 bridgehead atoms. The van der Waals surface area contributed by atoms with E-state index in [0.29, 0.717) is 0 Å². The minimum atomic E-state index is -3.03. The number of nitrogens with one attached hydrogen (secondary N) is 1. The molecule has 2 aliphatic rings. The van der Waals surface area contributed by atoms with Crippen molar-refractivity contribution in [2.75, 3.05) is 6.61 Å². The van der Waals surface area contributed by atoms with Crippen molar-refractivity contribution in [1.29, 1.82) is 0 Å². The second-order valence-corrected chi connectivity index (χ2v) is 14.7. The average Bonchev–Trinajstić information content (AvgIpc) is 2.83. The summed E-state index contributed by atoms with van der Waals surface area (Å²) in [6, 6.07) is 1.25. The number of hydrogen-bond acceptors (Lipinski definition) is 6. The van der Waals surface area contributed by atoms with Crippen LogP contribution in [0.3, 0.4) is 0 Å². The van der Waals surface area contributed by atoms with E-state index in [4.69, 9.17) is 10.9 Å². The molecular weight excluding hydrogens is 375 g/mol. The van der Waals surface area contributed by atoms with E-state index in [0.717, 1.165) is 0 Å². The fourth-order valence-corrected chi connectivity index (χ4v) is 8.09. The van der Waals surface area contributed by atoms with Gasteiger partial charge in [-0.3, -0.25) is 0 Å². The van der Waals surface area contributed by atoms with Crippen molar-refractivity contribution < 1.29 is 16.0 Å². The molecule has 0 radical (unpaired) electrons. The summed E-state index contributed by atoms with van der Waals surface area (Å²) in [6.07, 6.45) is -0.647. The van der Waals surface area contributed by atoms with Crippen molar-refractivity contribution >= 4 is 19.2 Å². The van der Waals surface area contributed by atoms with Gasteiger partial charge in [-0.2, -0.15) is 0 Å². The number of nitrogens with zero attached hydrogens (tertiary/aromatic N) is 1. The van der Waals surface area contributed by atoms with E-state index < -0.39 is 48.9 Å². The molecule has 110 valence electrons. The Hall–Kier alpha value is -0.681. The summed E-state index contributed by atoms with van der Waals surface area (Å²) >= 11 is -3.03. The van der Waals surface area contributed by atoms with E-state index in [2.05, 4.69) is 4.98 Å². The Morgan fingerprint density at radius 3 is 2.70 bits per heavy atom. The van der Waals surface area contributed by atoms with Crippen LogP contribution in [0.1, 0.15) is 6.23 Å². The molecule has 0 spiro atoms. The topological polar surface area (TPSA) is 103 Å². The number of aliphatic hydroxyl groups is 1. The Balaban J connectivity index is 1.98. The van der Waals surface area contributed by atoms with Crippen LogP contribution in [0.4, 0.5) is 0 Å². The van der Waals surface area contributed by atoms with Crippen LogP contribution in [0.2, 0.25) is 9.88 Å². The van der Waals surface area contributed by atoms with Gasteiger partial charge in [-0.1, -0.05) is 0 Å². The molecule has 0 unspecified atom stereocenters. The molecular formula is C11H16N2O6Sn. The number of fused-ring (bicyclic) bond motifs is 1. The SMILES string of the molecule is [CH3][Sn]1([CH3])[O][C@H]2[C@H]([O]1)[C@@H](n1ccc(=O)[nH]c1=O)O[C@H]2CO. The summed E-state index contributed by atoms with van der Waals surface area (Å²) in [5.74, 6) is 0. The first-order valence-corrected chi connectivity index (χ1v) is 14.4. The molecule has 2 aliphatic heterocycles. The molecule has 1 aromatic rings. The van der Waals surface area contributed by atoms with Crippen LogP contribution in [-0.2, 0) is 10.9 Å². The first kappa shape index (κ1) is 14.3. The van der Waals surface area contributed by atoms with E-state index in [1.165, 1.54) is 16.8 Å². The summed E-state index contributed by atoms with van der Waals surface area (Å²) < 4.78 is 18.8. The zero-order valence-corrected chi connectivity index (χ0v) is 14.0. The molecule has 0 amide bonds. The Bertz CT molecular complexity index is 626. The van der Waals surface area contributed by atoms with Gasteiger partial charge in [0.15, 0.2) is 0 Å².